The molecule has 0 aliphatic carbocycles. The quantitative estimate of drug-likeness (QED) is 0.795. The molecule has 24 heavy (non-hydrogen) atoms. The van der Waals surface area contributed by atoms with Crippen LogP contribution in [-0.4, -0.2) is 37.7 Å². The van der Waals surface area contributed by atoms with E-state index in [1.807, 2.05) is 31.2 Å². The van der Waals surface area contributed by atoms with Crippen molar-refractivity contribution in [1.82, 2.24) is 24.6 Å². The summed E-state index contributed by atoms with van der Waals surface area (Å²) in [5.74, 6) is 1.97. The van der Waals surface area contributed by atoms with Gasteiger partial charge >= 0.3 is 6.03 Å². The highest BCUT2D eigenvalue weighted by molar-refractivity contribution is 5.89. The van der Waals surface area contributed by atoms with Crippen molar-refractivity contribution in [1.29, 1.82) is 0 Å². The van der Waals surface area contributed by atoms with E-state index in [-0.39, 0.29) is 6.03 Å². The Morgan fingerprint density at radius 2 is 2.21 bits per heavy atom. The fourth-order valence-electron chi connectivity index (χ4n) is 2.18. The van der Waals surface area contributed by atoms with E-state index < -0.39 is 0 Å². The summed E-state index contributed by atoms with van der Waals surface area (Å²) >= 11 is 0. The highest BCUT2D eigenvalue weighted by Crippen LogP contribution is 2.22. The molecule has 0 atom stereocenters. The molecule has 0 radical (unpaired) electrons. The Bertz CT molecular complexity index is 854. The van der Waals surface area contributed by atoms with Gasteiger partial charge in [-0.2, -0.15) is 5.10 Å². The summed E-state index contributed by atoms with van der Waals surface area (Å²) in [5.41, 5.74) is 1.47. The second-order valence-corrected chi connectivity index (χ2v) is 5.44. The van der Waals surface area contributed by atoms with Gasteiger partial charge in [-0.25, -0.2) is 14.8 Å². The number of aromatic nitrogens is 4. The molecular weight excluding hydrogens is 308 g/mol. The molecule has 0 aliphatic rings. The number of oxazole rings is 1. The average Bonchev–Trinajstić information content (AvgIpc) is 3.16. The van der Waals surface area contributed by atoms with Crippen molar-refractivity contribution in [2.75, 3.05) is 12.4 Å². The van der Waals surface area contributed by atoms with E-state index in [0.717, 1.165) is 11.3 Å². The number of anilines is 1. The van der Waals surface area contributed by atoms with Crippen LogP contribution in [0.5, 0.6) is 0 Å². The average molecular weight is 326 g/mol. The molecule has 8 heteroatoms. The number of aryl methyl sites for hydroxylation is 2. The molecule has 2 aromatic heterocycles. The van der Waals surface area contributed by atoms with Gasteiger partial charge in [0.25, 0.3) is 0 Å². The molecule has 0 unspecified atom stereocenters. The van der Waals surface area contributed by atoms with E-state index >= 15 is 0 Å². The van der Waals surface area contributed by atoms with E-state index in [9.17, 15) is 4.79 Å². The number of rotatable bonds is 4. The molecule has 3 aromatic rings. The molecule has 2 amide bonds. The fraction of sp³-hybridized carbons (Fsp3) is 0.250. The van der Waals surface area contributed by atoms with Crippen LogP contribution >= 0.6 is 0 Å². The number of nitrogens with zero attached hydrogens (tertiary/aromatic N) is 5. The normalized spacial score (nSPS) is 10.6. The summed E-state index contributed by atoms with van der Waals surface area (Å²) in [4.78, 5) is 22.2. The van der Waals surface area contributed by atoms with Gasteiger partial charge in [0.1, 0.15) is 17.9 Å². The summed E-state index contributed by atoms with van der Waals surface area (Å²) in [7, 11) is 3.49. The van der Waals surface area contributed by atoms with Crippen molar-refractivity contribution < 1.29 is 9.21 Å². The zero-order valence-corrected chi connectivity index (χ0v) is 13.7. The minimum absolute atomic E-state index is 0.237. The van der Waals surface area contributed by atoms with E-state index in [2.05, 4.69) is 20.4 Å². The predicted molar refractivity (Wildman–Crippen MR) is 88.2 cm³/mol. The predicted octanol–water partition coefficient (Wildman–Crippen LogP) is 2.44. The highest BCUT2D eigenvalue weighted by atomic mass is 16.4. The van der Waals surface area contributed by atoms with Crippen LogP contribution in [0.2, 0.25) is 0 Å². The van der Waals surface area contributed by atoms with Crippen molar-refractivity contribution in [3.05, 3.63) is 48.4 Å². The molecule has 0 bridgehead atoms. The van der Waals surface area contributed by atoms with Crippen molar-refractivity contribution in [3.8, 4) is 11.5 Å². The standard InChI is InChI=1S/C16H18N6O2/c1-11-8-17-15(24-11)12-5-4-6-13(7-12)20-16(23)21(2)9-14-18-10-19-22(14)3/h4-8,10H,9H2,1-3H3,(H,20,23). The Morgan fingerprint density at radius 1 is 1.38 bits per heavy atom. The molecule has 8 nitrogen and oxygen atoms in total. The molecule has 1 aromatic carbocycles. The molecule has 1 N–H and O–H groups in total. The fourth-order valence-corrected chi connectivity index (χ4v) is 2.18. The molecule has 0 saturated carbocycles. The van der Waals surface area contributed by atoms with Gasteiger partial charge < -0.3 is 14.6 Å². The van der Waals surface area contributed by atoms with Gasteiger partial charge in [-0.1, -0.05) is 6.07 Å². The first-order chi connectivity index (χ1) is 11.5. The summed E-state index contributed by atoms with van der Waals surface area (Å²) in [5, 5.41) is 6.84. The van der Waals surface area contributed by atoms with Crippen LogP contribution in [0.3, 0.4) is 0 Å². The van der Waals surface area contributed by atoms with Crippen LogP contribution in [0.25, 0.3) is 11.5 Å². The van der Waals surface area contributed by atoms with Gasteiger partial charge in [0.2, 0.25) is 5.89 Å². The number of nitrogens with one attached hydrogen (secondary N) is 1. The van der Waals surface area contributed by atoms with Crippen LogP contribution in [0.1, 0.15) is 11.6 Å². The van der Waals surface area contributed by atoms with Crippen LogP contribution in [-0.2, 0) is 13.6 Å². The lowest BCUT2D eigenvalue weighted by Gasteiger charge is -2.17. The van der Waals surface area contributed by atoms with Crippen LogP contribution in [0.4, 0.5) is 10.5 Å². The van der Waals surface area contributed by atoms with E-state index in [1.165, 1.54) is 11.2 Å². The third kappa shape index (κ3) is 3.43. The maximum atomic E-state index is 12.3. The van der Waals surface area contributed by atoms with Crippen LogP contribution in [0.15, 0.2) is 41.2 Å². The number of urea groups is 1. The summed E-state index contributed by atoms with van der Waals surface area (Å²) in [6.07, 6.45) is 3.12. The Labute approximate surface area is 139 Å². The van der Waals surface area contributed by atoms with Gasteiger partial charge in [0.15, 0.2) is 0 Å². The molecule has 0 fully saturated rings. The van der Waals surface area contributed by atoms with Gasteiger partial charge in [-0.05, 0) is 25.1 Å². The van der Waals surface area contributed by atoms with Gasteiger partial charge in [0.05, 0.1) is 12.7 Å². The zero-order valence-electron chi connectivity index (χ0n) is 13.7. The number of amides is 2. The summed E-state index contributed by atoms with van der Waals surface area (Å²) in [6, 6.07) is 7.11. The molecule has 124 valence electrons. The first-order valence-corrected chi connectivity index (χ1v) is 7.41. The minimum atomic E-state index is -0.237. The van der Waals surface area contributed by atoms with Crippen molar-refractivity contribution >= 4 is 11.7 Å². The number of hydrogen-bond donors (Lipinski definition) is 1. The van der Waals surface area contributed by atoms with Crippen LogP contribution in [0, 0.1) is 6.92 Å². The zero-order chi connectivity index (χ0) is 17.1. The molecule has 0 saturated heterocycles. The SMILES string of the molecule is Cc1cnc(-c2cccc(NC(=O)N(C)Cc3ncnn3C)c2)o1. The number of carbonyl (C=O) groups is 1. The number of carbonyl (C=O) groups excluding carboxylic acids is 1. The van der Waals surface area contributed by atoms with Crippen molar-refractivity contribution in [2.24, 2.45) is 7.05 Å². The minimum Gasteiger partial charge on any atom is -0.441 e. The third-order valence-corrected chi connectivity index (χ3v) is 3.51. The maximum absolute atomic E-state index is 12.3. The van der Waals surface area contributed by atoms with E-state index in [1.54, 1.807) is 25.0 Å². The first kappa shape index (κ1) is 15.7. The smallest absolute Gasteiger partial charge is 0.321 e. The van der Waals surface area contributed by atoms with Gasteiger partial charge in [0, 0.05) is 25.3 Å². The first-order valence-electron chi connectivity index (χ1n) is 7.41. The second-order valence-electron chi connectivity index (χ2n) is 5.44. The largest absolute Gasteiger partial charge is 0.441 e. The summed E-state index contributed by atoms with van der Waals surface area (Å²) < 4.78 is 7.14. The Balaban J connectivity index is 1.69. The van der Waals surface area contributed by atoms with Crippen LogP contribution < -0.4 is 5.32 Å². The molecule has 0 aliphatic heterocycles. The number of hydrogen-bond acceptors (Lipinski definition) is 5. The van der Waals surface area contributed by atoms with E-state index in [4.69, 9.17) is 4.42 Å². The highest BCUT2D eigenvalue weighted by Gasteiger charge is 2.13. The molecule has 0 spiro atoms. The molecule has 2 heterocycles. The topological polar surface area (TPSA) is 89.1 Å². The number of benzene rings is 1. The Morgan fingerprint density at radius 3 is 2.88 bits per heavy atom. The van der Waals surface area contributed by atoms with Gasteiger partial charge in [-0.3, -0.25) is 4.68 Å². The van der Waals surface area contributed by atoms with Crippen molar-refractivity contribution in [3.63, 3.8) is 0 Å². The molecular formula is C16H18N6O2. The van der Waals surface area contributed by atoms with E-state index in [0.29, 0.717) is 23.9 Å². The van der Waals surface area contributed by atoms with Crippen molar-refractivity contribution in [2.45, 2.75) is 13.5 Å². The lowest BCUT2D eigenvalue weighted by Crippen LogP contribution is -2.31. The lowest BCUT2D eigenvalue weighted by molar-refractivity contribution is 0.219. The maximum Gasteiger partial charge on any atom is 0.321 e. The second kappa shape index (κ2) is 6.53. The lowest BCUT2D eigenvalue weighted by atomic mass is 10.2. The Kier molecular flexibility index (Phi) is 4.28. The monoisotopic (exact) mass is 326 g/mol. The summed E-state index contributed by atoms with van der Waals surface area (Å²) in [6.45, 7) is 2.20. The van der Waals surface area contributed by atoms with Gasteiger partial charge in [-0.15, -0.1) is 0 Å². The third-order valence-electron chi connectivity index (χ3n) is 3.51. The molecule has 3 rings (SSSR count). The Hall–Kier alpha value is -3.16.